The first kappa shape index (κ1) is 21.2. The van der Waals surface area contributed by atoms with Gasteiger partial charge < -0.3 is 9.84 Å². The van der Waals surface area contributed by atoms with E-state index in [0.717, 1.165) is 22.6 Å². The average Bonchev–Trinajstić information content (AvgIpc) is 3.04. The largest absolute Gasteiger partial charge is 0.507 e. The molecule has 1 atom stereocenters. The number of aliphatic hydroxyl groups excluding tert-OH is 1. The number of hydrogen-bond donors (Lipinski definition) is 1. The van der Waals surface area contributed by atoms with Crippen LogP contribution in [-0.4, -0.2) is 23.9 Å². The van der Waals surface area contributed by atoms with Crippen molar-refractivity contribution in [1.82, 2.24) is 0 Å². The summed E-state index contributed by atoms with van der Waals surface area (Å²) in [6.07, 6.45) is 0. The fourth-order valence-corrected chi connectivity index (χ4v) is 3.86. The van der Waals surface area contributed by atoms with Crippen molar-refractivity contribution in [3.8, 4) is 5.75 Å². The smallest absolute Gasteiger partial charge is 0.300 e. The highest BCUT2D eigenvalue weighted by molar-refractivity contribution is 6.51. The summed E-state index contributed by atoms with van der Waals surface area (Å²) in [6.45, 7) is 1.80. The molecule has 32 heavy (non-hydrogen) atoms. The third kappa shape index (κ3) is 3.51. The molecule has 1 aliphatic rings. The van der Waals surface area contributed by atoms with Crippen molar-refractivity contribution < 1.29 is 28.2 Å². The fraction of sp³-hybridized carbons (Fsp3) is 0.120. The van der Waals surface area contributed by atoms with Crippen LogP contribution in [0.1, 0.15) is 22.7 Å². The lowest BCUT2D eigenvalue weighted by atomic mass is 9.94. The molecule has 1 unspecified atom stereocenters. The second kappa shape index (κ2) is 8.26. The number of nitrogens with zero attached hydrogens (tertiary/aromatic N) is 1. The quantitative estimate of drug-likeness (QED) is 0.359. The maximum atomic E-state index is 14.7. The summed E-state index contributed by atoms with van der Waals surface area (Å²) >= 11 is 0. The molecule has 0 aliphatic carbocycles. The molecule has 1 amide bonds. The normalized spacial score (nSPS) is 17.6. The van der Waals surface area contributed by atoms with Gasteiger partial charge in [0.05, 0.1) is 30.0 Å². The van der Waals surface area contributed by atoms with Gasteiger partial charge in [-0.3, -0.25) is 14.5 Å². The van der Waals surface area contributed by atoms with Gasteiger partial charge in [-0.15, -0.1) is 0 Å². The third-order valence-corrected chi connectivity index (χ3v) is 5.34. The number of amides is 1. The number of carbonyl (C=O) groups is 2. The monoisotopic (exact) mass is 435 g/mol. The van der Waals surface area contributed by atoms with Crippen LogP contribution in [0.15, 0.2) is 72.3 Å². The number of rotatable bonds is 4. The number of carbonyl (C=O) groups excluding carboxylic acids is 2. The first-order chi connectivity index (χ1) is 15.3. The summed E-state index contributed by atoms with van der Waals surface area (Å²) in [5, 5.41) is 11.2. The van der Waals surface area contributed by atoms with Crippen LogP contribution in [0.2, 0.25) is 0 Å². The molecular formula is C25H19F2NO4. The van der Waals surface area contributed by atoms with Crippen molar-refractivity contribution in [2.45, 2.75) is 13.0 Å². The van der Waals surface area contributed by atoms with Gasteiger partial charge >= 0.3 is 0 Å². The molecule has 1 saturated heterocycles. The minimum Gasteiger partial charge on any atom is -0.507 e. The SMILES string of the molecule is COc1ccc(C)cc1/C(O)=C1\C(=O)C(=O)N(c2ccc(F)cc2F)C1c1ccccc1. The average molecular weight is 435 g/mol. The molecule has 1 aliphatic heterocycles. The fourth-order valence-electron chi connectivity index (χ4n) is 3.86. The predicted octanol–water partition coefficient (Wildman–Crippen LogP) is 4.91. The highest BCUT2D eigenvalue weighted by atomic mass is 19.1. The number of methoxy groups -OCH3 is 1. The van der Waals surface area contributed by atoms with Gasteiger partial charge in [-0.2, -0.15) is 0 Å². The van der Waals surface area contributed by atoms with Crippen LogP contribution < -0.4 is 9.64 Å². The third-order valence-electron chi connectivity index (χ3n) is 5.34. The van der Waals surface area contributed by atoms with Gasteiger partial charge in [0.1, 0.15) is 23.1 Å². The number of Topliss-reactive ketones (excluding diaryl/α,β-unsaturated/α-hetero) is 1. The Morgan fingerprint density at radius 1 is 1.00 bits per heavy atom. The van der Waals surface area contributed by atoms with E-state index in [4.69, 9.17) is 4.74 Å². The van der Waals surface area contributed by atoms with Gasteiger partial charge in [-0.05, 0) is 36.8 Å². The lowest BCUT2D eigenvalue weighted by Crippen LogP contribution is -2.30. The Balaban J connectivity index is 2.00. The number of halogens is 2. The van der Waals surface area contributed by atoms with Crippen molar-refractivity contribution >= 4 is 23.1 Å². The van der Waals surface area contributed by atoms with E-state index in [1.807, 2.05) is 0 Å². The number of hydrogen-bond acceptors (Lipinski definition) is 4. The standard InChI is InChI=1S/C25H19F2NO4/c1-14-8-11-20(32-2)17(12-14)23(29)21-22(15-6-4-3-5-7-15)28(25(31)24(21)30)19-10-9-16(26)13-18(19)27/h3-13,22,29H,1-2H3/b23-21+. The zero-order chi connectivity index (χ0) is 23.0. The Morgan fingerprint density at radius 2 is 1.72 bits per heavy atom. The number of anilines is 1. The molecule has 1 heterocycles. The van der Waals surface area contributed by atoms with E-state index in [2.05, 4.69) is 0 Å². The van der Waals surface area contributed by atoms with Crippen molar-refractivity contribution in [1.29, 1.82) is 0 Å². The summed E-state index contributed by atoms with van der Waals surface area (Å²) < 4.78 is 33.5. The minimum absolute atomic E-state index is 0.214. The van der Waals surface area contributed by atoms with Gasteiger partial charge in [0.25, 0.3) is 11.7 Å². The Kier molecular flexibility index (Phi) is 5.48. The Bertz CT molecular complexity index is 1250. The second-order valence-electron chi connectivity index (χ2n) is 7.38. The Morgan fingerprint density at radius 3 is 2.38 bits per heavy atom. The van der Waals surface area contributed by atoms with Crippen molar-refractivity contribution in [2.24, 2.45) is 0 Å². The molecule has 1 N–H and O–H groups in total. The summed E-state index contributed by atoms with van der Waals surface area (Å²) in [7, 11) is 1.42. The van der Waals surface area contributed by atoms with E-state index in [0.29, 0.717) is 17.4 Å². The zero-order valence-electron chi connectivity index (χ0n) is 17.3. The summed E-state index contributed by atoms with van der Waals surface area (Å²) in [5.41, 5.74) is 1.02. The molecule has 0 aromatic heterocycles. The number of aryl methyl sites for hydroxylation is 1. The van der Waals surface area contributed by atoms with Crippen LogP contribution >= 0.6 is 0 Å². The van der Waals surface area contributed by atoms with E-state index in [1.165, 1.54) is 7.11 Å². The Hall–Kier alpha value is -4.00. The van der Waals surface area contributed by atoms with E-state index in [9.17, 15) is 23.5 Å². The molecule has 1 fully saturated rings. The molecule has 4 rings (SSSR count). The number of benzene rings is 3. The van der Waals surface area contributed by atoms with E-state index < -0.39 is 35.1 Å². The van der Waals surface area contributed by atoms with Crippen LogP contribution in [0, 0.1) is 18.6 Å². The summed E-state index contributed by atoms with van der Waals surface area (Å²) in [6, 6.07) is 15.1. The van der Waals surface area contributed by atoms with Crippen LogP contribution in [0.3, 0.4) is 0 Å². The summed E-state index contributed by atoms with van der Waals surface area (Å²) in [4.78, 5) is 27.1. The molecule has 5 nitrogen and oxygen atoms in total. The maximum Gasteiger partial charge on any atom is 0.300 e. The van der Waals surface area contributed by atoms with Gasteiger partial charge in [0.2, 0.25) is 0 Å². The van der Waals surface area contributed by atoms with Crippen molar-refractivity contribution in [3.63, 3.8) is 0 Å². The number of ketones is 1. The topological polar surface area (TPSA) is 66.8 Å². The number of ether oxygens (including phenoxy) is 1. The molecule has 0 radical (unpaired) electrons. The lowest BCUT2D eigenvalue weighted by Gasteiger charge is -2.26. The van der Waals surface area contributed by atoms with Gasteiger partial charge in [-0.1, -0.05) is 42.0 Å². The van der Waals surface area contributed by atoms with Crippen LogP contribution in [0.4, 0.5) is 14.5 Å². The molecule has 0 saturated carbocycles. The van der Waals surface area contributed by atoms with Gasteiger partial charge in [0.15, 0.2) is 0 Å². The van der Waals surface area contributed by atoms with Crippen LogP contribution in [-0.2, 0) is 9.59 Å². The van der Waals surface area contributed by atoms with Crippen LogP contribution in [0.5, 0.6) is 5.75 Å². The predicted molar refractivity (Wildman–Crippen MR) is 115 cm³/mol. The van der Waals surface area contributed by atoms with Crippen molar-refractivity contribution in [3.05, 3.63) is 101 Å². The van der Waals surface area contributed by atoms with E-state index in [1.54, 1.807) is 55.5 Å². The highest BCUT2D eigenvalue weighted by Gasteiger charge is 2.48. The number of aliphatic hydroxyl groups is 1. The van der Waals surface area contributed by atoms with Crippen molar-refractivity contribution in [2.75, 3.05) is 12.0 Å². The molecule has 3 aromatic carbocycles. The first-order valence-electron chi connectivity index (χ1n) is 9.79. The van der Waals surface area contributed by atoms with Gasteiger partial charge in [-0.25, -0.2) is 8.78 Å². The van der Waals surface area contributed by atoms with E-state index >= 15 is 0 Å². The Labute approximate surface area is 183 Å². The second-order valence-corrected chi connectivity index (χ2v) is 7.38. The van der Waals surface area contributed by atoms with E-state index in [-0.39, 0.29) is 16.8 Å². The lowest BCUT2D eigenvalue weighted by molar-refractivity contribution is -0.132. The zero-order valence-corrected chi connectivity index (χ0v) is 17.3. The summed E-state index contributed by atoms with van der Waals surface area (Å²) in [5.74, 6) is -3.97. The molecule has 0 spiro atoms. The van der Waals surface area contributed by atoms with Crippen LogP contribution in [0.25, 0.3) is 5.76 Å². The maximum absolute atomic E-state index is 14.7. The highest BCUT2D eigenvalue weighted by Crippen LogP contribution is 2.44. The van der Waals surface area contributed by atoms with Gasteiger partial charge in [0, 0.05) is 6.07 Å². The molecule has 0 bridgehead atoms. The molecule has 7 heteroatoms. The molecule has 162 valence electrons. The molecular weight excluding hydrogens is 416 g/mol. The first-order valence-corrected chi connectivity index (χ1v) is 9.79. The minimum atomic E-state index is -1.12. The molecule has 3 aromatic rings.